The first kappa shape index (κ1) is 15.2. The molecule has 21 heavy (non-hydrogen) atoms. The maximum Gasteiger partial charge on any atom is 0.142 e. The third-order valence-electron chi connectivity index (χ3n) is 3.30. The SMILES string of the molecule is CCCCOc1ccccc1NCc1ccccc1OC. The summed E-state index contributed by atoms with van der Waals surface area (Å²) < 4.78 is 11.2. The lowest BCUT2D eigenvalue weighted by Gasteiger charge is -2.14. The van der Waals surface area contributed by atoms with E-state index >= 15 is 0 Å². The fraction of sp³-hybridized carbons (Fsp3) is 0.333. The highest BCUT2D eigenvalue weighted by molar-refractivity contribution is 5.56. The van der Waals surface area contributed by atoms with Crippen LogP contribution in [0.3, 0.4) is 0 Å². The van der Waals surface area contributed by atoms with E-state index in [9.17, 15) is 0 Å². The van der Waals surface area contributed by atoms with Crippen molar-refractivity contribution < 1.29 is 9.47 Å². The van der Waals surface area contributed by atoms with Gasteiger partial charge in [-0.3, -0.25) is 0 Å². The largest absolute Gasteiger partial charge is 0.496 e. The fourth-order valence-corrected chi connectivity index (χ4v) is 2.10. The molecule has 3 nitrogen and oxygen atoms in total. The van der Waals surface area contributed by atoms with Crippen LogP contribution in [0, 0.1) is 0 Å². The topological polar surface area (TPSA) is 30.5 Å². The Morgan fingerprint density at radius 1 is 0.952 bits per heavy atom. The number of nitrogens with one attached hydrogen (secondary N) is 1. The summed E-state index contributed by atoms with van der Waals surface area (Å²) in [6, 6.07) is 16.1. The Morgan fingerprint density at radius 2 is 1.67 bits per heavy atom. The summed E-state index contributed by atoms with van der Waals surface area (Å²) in [6.45, 7) is 3.62. The molecule has 0 spiro atoms. The van der Waals surface area contributed by atoms with Crippen molar-refractivity contribution in [2.45, 2.75) is 26.3 Å². The molecule has 0 saturated heterocycles. The van der Waals surface area contributed by atoms with Gasteiger partial charge in [-0.25, -0.2) is 0 Å². The van der Waals surface area contributed by atoms with Gasteiger partial charge < -0.3 is 14.8 Å². The number of hydrogen-bond donors (Lipinski definition) is 1. The van der Waals surface area contributed by atoms with E-state index in [0.29, 0.717) is 6.54 Å². The van der Waals surface area contributed by atoms with Crippen LogP contribution in [-0.4, -0.2) is 13.7 Å². The van der Waals surface area contributed by atoms with Crippen LogP contribution in [-0.2, 0) is 6.54 Å². The number of para-hydroxylation sites is 3. The van der Waals surface area contributed by atoms with E-state index in [2.05, 4.69) is 18.3 Å². The maximum absolute atomic E-state index is 5.83. The van der Waals surface area contributed by atoms with Gasteiger partial charge in [-0.2, -0.15) is 0 Å². The summed E-state index contributed by atoms with van der Waals surface area (Å²) in [4.78, 5) is 0. The van der Waals surface area contributed by atoms with E-state index in [1.807, 2.05) is 42.5 Å². The standard InChI is InChI=1S/C18H23NO2/c1-3-4-13-21-18-12-8-6-10-16(18)19-14-15-9-5-7-11-17(15)20-2/h5-12,19H,3-4,13-14H2,1-2H3. The molecular weight excluding hydrogens is 262 g/mol. The van der Waals surface area contributed by atoms with Crippen molar-refractivity contribution in [1.29, 1.82) is 0 Å². The zero-order chi connectivity index (χ0) is 14.9. The Bertz CT molecular complexity index is 554. The van der Waals surface area contributed by atoms with E-state index in [0.717, 1.165) is 42.2 Å². The quantitative estimate of drug-likeness (QED) is 0.725. The number of anilines is 1. The Kier molecular flexibility index (Phi) is 5.95. The van der Waals surface area contributed by atoms with Crippen molar-refractivity contribution in [1.82, 2.24) is 0 Å². The van der Waals surface area contributed by atoms with Gasteiger partial charge in [-0.05, 0) is 24.6 Å². The number of rotatable bonds is 8. The van der Waals surface area contributed by atoms with E-state index < -0.39 is 0 Å². The van der Waals surface area contributed by atoms with Gasteiger partial charge in [0.2, 0.25) is 0 Å². The minimum atomic E-state index is 0.707. The van der Waals surface area contributed by atoms with Crippen molar-refractivity contribution in [3.63, 3.8) is 0 Å². The molecule has 2 aromatic rings. The first-order valence-corrected chi connectivity index (χ1v) is 7.42. The smallest absolute Gasteiger partial charge is 0.142 e. The summed E-state index contributed by atoms with van der Waals surface area (Å²) in [6.07, 6.45) is 2.21. The highest BCUT2D eigenvalue weighted by Crippen LogP contribution is 2.26. The second kappa shape index (κ2) is 8.20. The zero-order valence-corrected chi connectivity index (χ0v) is 12.8. The maximum atomic E-state index is 5.83. The fourth-order valence-electron chi connectivity index (χ4n) is 2.10. The van der Waals surface area contributed by atoms with Crippen LogP contribution in [0.25, 0.3) is 0 Å². The molecule has 0 aliphatic heterocycles. The summed E-state index contributed by atoms with van der Waals surface area (Å²) >= 11 is 0. The Morgan fingerprint density at radius 3 is 2.43 bits per heavy atom. The zero-order valence-electron chi connectivity index (χ0n) is 12.8. The van der Waals surface area contributed by atoms with E-state index in [4.69, 9.17) is 9.47 Å². The number of ether oxygens (including phenoxy) is 2. The van der Waals surface area contributed by atoms with Gasteiger partial charge in [0, 0.05) is 12.1 Å². The molecule has 3 heteroatoms. The summed E-state index contributed by atoms with van der Waals surface area (Å²) in [5.74, 6) is 1.80. The van der Waals surface area contributed by atoms with Gasteiger partial charge in [0.15, 0.2) is 0 Å². The first-order chi connectivity index (χ1) is 10.3. The van der Waals surface area contributed by atoms with Gasteiger partial charge in [-0.15, -0.1) is 0 Å². The van der Waals surface area contributed by atoms with Gasteiger partial charge >= 0.3 is 0 Å². The molecule has 112 valence electrons. The average Bonchev–Trinajstić information content (AvgIpc) is 2.54. The minimum absolute atomic E-state index is 0.707. The molecule has 0 aliphatic carbocycles. The average molecular weight is 285 g/mol. The molecule has 0 bridgehead atoms. The van der Waals surface area contributed by atoms with Crippen LogP contribution in [0.2, 0.25) is 0 Å². The molecule has 0 atom stereocenters. The van der Waals surface area contributed by atoms with E-state index in [-0.39, 0.29) is 0 Å². The number of benzene rings is 2. The lowest BCUT2D eigenvalue weighted by molar-refractivity contribution is 0.310. The molecule has 0 aliphatic rings. The van der Waals surface area contributed by atoms with Gasteiger partial charge in [0.05, 0.1) is 19.4 Å². The lowest BCUT2D eigenvalue weighted by atomic mass is 10.2. The van der Waals surface area contributed by atoms with Crippen LogP contribution in [0.1, 0.15) is 25.3 Å². The monoisotopic (exact) mass is 285 g/mol. The van der Waals surface area contributed by atoms with Crippen molar-refractivity contribution in [3.8, 4) is 11.5 Å². The molecule has 1 N–H and O–H groups in total. The molecule has 0 amide bonds. The van der Waals surface area contributed by atoms with Crippen molar-refractivity contribution >= 4 is 5.69 Å². The van der Waals surface area contributed by atoms with Gasteiger partial charge in [0.25, 0.3) is 0 Å². The second-order valence-electron chi connectivity index (χ2n) is 4.86. The normalized spacial score (nSPS) is 10.2. The van der Waals surface area contributed by atoms with Crippen LogP contribution in [0.5, 0.6) is 11.5 Å². The molecule has 0 unspecified atom stereocenters. The van der Waals surface area contributed by atoms with Crippen molar-refractivity contribution in [3.05, 3.63) is 54.1 Å². The summed E-state index contributed by atoms with van der Waals surface area (Å²) in [5.41, 5.74) is 2.14. The Labute approximate surface area is 126 Å². The van der Waals surface area contributed by atoms with Crippen LogP contribution in [0.4, 0.5) is 5.69 Å². The highest BCUT2D eigenvalue weighted by Gasteiger charge is 2.05. The van der Waals surface area contributed by atoms with Crippen LogP contribution >= 0.6 is 0 Å². The predicted octanol–water partition coefficient (Wildman–Crippen LogP) is 4.49. The van der Waals surface area contributed by atoms with Crippen LogP contribution in [0.15, 0.2) is 48.5 Å². The summed E-state index contributed by atoms with van der Waals surface area (Å²) in [5, 5.41) is 3.43. The van der Waals surface area contributed by atoms with Crippen LogP contribution < -0.4 is 14.8 Å². The Balaban J connectivity index is 2.02. The Hall–Kier alpha value is -2.16. The number of methoxy groups -OCH3 is 1. The molecule has 0 saturated carbocycles. The molecule has 2 rings (SSSR count). The predicted molar refractivity (Wildman–Crippen MR) is 87.2 cm³/mol. The second-order valence-corrected chi connectivity index (χ2v) is 4.86. The minimum Gasteiger partial charge on any atom is -0.496 e. The van der Waals surface area contributed by atoms with Crippen molar-refractivity contribution in [2.24, 2.45) is 0 Å². The van der Waals surface area contributed by atoms with Gasteiger partial charge in [0.1, 0.15) is 11.5 Å². The molecule has 0 aromatic heterocycles. The lowest BCUT2D eigenvalue weighted by Crippen LogP contribution is -2.04. The number of hydrogen-bond acceptors (Lipinski definition) is 3. The first-order valence-electron chi connectivity index (χ1n) is 7.42. The molecule has 2 aromatic carbocycles. The highest BCUT2D eigenvalue weighted by atomic mass is 16.5. The summed E-state index contributed by atoms with van der Waals surface area (Å²) in [7, 11) is 1.70. The van der Waals surface area contributed by atoms with E-state index in [1.54, 1.807) is 7.11 Å². The third-order valence-corrected chi connectivity index (χ3v) is 3.30. The van der Waals surface area contributed by atoms with Gasteiger partial charge in [-0.1, -0.05) is 43.7 Å². The molecule has 0 fully saturated rings. The van der Waals surface area contributed by atoms with Crippen molar-refractivity contribution in [2.75, 3.05) is 19.0 Å². The van der Waals surface area contributed by atoms with E-state index in [1.165, 1.54) is 0 Å². The molecule has 0 radical (unpaired) electrons. The molecule has 0 heterocycles. The number of unbranched alkanes of at least 4 members (excludes halogenated alkanes) is 1. The third kappa shape index (κ3) is 4.42. The molecular formula is C18H23NO2.